The van der Waals surface area contributed by atoms with Crippen LogP contribution in [0.2, 0.25) is 0 Å². The van der Waals surface area contributed by atoms with Gasteiger partial charge in [0.2, 0.25) is 0 Å². The molecule has 0 radical (unpaired) electrons. The molecule has 0 unspecified atom stereocenters. The molecule has 0 aliphatic heterocycles. The first-order chi connectivity index (χ1) is 25.6. The minimum atomic E-state index is -0.162. The number of ether oxygens (including phenoxy) is 1. The highest BCUT2D eigenvalue weighted by Gasteiger charge is 2.20. The normalized spacial score (nSPS) is 12.0. The lowest BCUT2D eigenvalue weighted by Gasteiger charge is -2.23. The fourth-order valence-corrected chi connectivity index (χ4v) is 5.97. The molecule has 0 amide bonds. The number of phenolic OH excluding ortho intramolecular Hbond substituents is 2. The Labute approximate surface area is 326 Å². The summed E-state index contributed by atoms with van der Waals surface area (Å²) in [5, 5.41) is 36.7. The van der Waals surface area contributed by atoms with Crippen molar-refractivity contribution in [1.29, 1.82) is 0 Å². The zero-order valence-corrected chi connectivity index (χ0v) is 34.8. The molecule has 54 heavy (non-hydrogen) atoms. The first kappa shape index (κ1) is 43.9. The number of hydrogen-bond acceptors (Lipinski definition) is 7. The van der Waals surface area contributed by atoms with Crippen LogP contribution in [0.3, 0.4) is 0 Å². The third-order valence-corrected chi connectivity index (χ3v) is 9.55. The molecule has 7 nitrogen and oxygen atoms in total. The molecule has 0 aliphatic carbocycles. The Morgan fingerprint density at radius 2 is 0.889 bits per heavy atom. The summed E-state index contributed by atoms with van der Waals surface area (Å²) in [5.74, 6) is 1.49. The average molecular weight is 735 g/mol. The number of aryl methyl sites for hydroxylation is 3. The number of hydrogen-bond donors (Lipinski definition) is 2. The number of rotatable bonds is 16. The number of aromatic hydroxyl groups is 2. The Hall–Kier alpha value is -4.52. The van der Waals surface area contributed by atoms with Gasteiger partial charge in [0, 0.05) is 11.1 Å². The minimum Gasteiger partial charge on any atom is -0.508 e. The predicted molar refractivity (Wildman–Crippen MR) is 226 cm³/mol. The van der Waals surface area contributed by atoms with Crippen molar-refractivity contribution in [3.05, 3.63) is 101 Å². The first-order valence-electron chi connectivity index (χ1n) is 19.9. The lowest BCUT2D eigenvalue weighted by atomic mass is 9.86. The van der Waals surface area contributed by atoms with E-state index < -0.39 is 0 Å². The summed E-state index contributed by atoms with van der Waals surface area (Å²) < 4.78 is 6.21. The van der Waals surface area contributed by atoms with Crippen molar-refractivity contribution in [3.63, 3.8) is 0 Å². The molecule has 292 valence electrons. The van der Waals surface area contributed by atoms with Gasteiger partial charge in [0.25, 0.3) is 0 Å². The maximum Gasteiger partial charge on any atom is 0.123 e. The number of phenols is 2. The van der Waals surface area contributed by atoms with Crippen LogP contribution in [0.4, 0.5) is 22.7 Å². The van der Waals surface area contributed by atoms with Crippen molar-refractivity contribution >= 4 is 22.7 Å². The Morgan fingerprint density at radius 3 is 1.39 bits per heavy atom. The van der Waals surface area contributed by atoms with Crippen molar-refractivity contribution in [1.82, 2.24) is 0 Å². The second kappa shape index (κ2) is 21.4. The van der Waals surface area contributed by atoms with Crippen LogP contribution < -0.4 is 4.74 Å². The Balaban J connectivity index is 0.000000320. The number of nitrogens with zero attached hydrogens (tertiary/aromatic N) is 4. The van der Waals surface area contributed by atoms with Crippen LogP contribution in [0.5, 0.6) is 17.2 Å². The summed E-state index contributed by atoms with van der Waals surface area (Å²) in [6.45, 7) is 21.9. The molecule has 0 aliphatic rings. The average Bonchev–Trinajstić information content (AvgIpc) is 3.12. The molecule has 4 rings (SSSR count). The van der Waals surface area contributed by atoms with Gasteiger partial charge in [0.05, 0.1) is 29.4 Å². The largest absolute Gasteiger partial charge is 0.508 e. The van der Waals surface area contributed by atoms with E-state index in [4.69, 9.17) is 4.74 Å². The molecular formula is C47H66N4O3. The molecule has 4 aromatic carbocycles. The molecule has 2 N–H and O–H groups in total. The summed E-state index contributed by atoms with van der Waals surface area (Å²) >= 11 is 0. The van der Waals surface area contributed by atoms with Gasteiger partial charge in [-0.3, -0.25) is 0 Å². The standard InChI is InChI=1S/C30H46N2O.C17H20N2O2/c1-7-8-9-10-11-12-13-14-15-16-21-33-29-20-19-27(23-28(29)30(4,5)6)32-31-26-18-17-24(2)25(3)22-26;1-11-9-12(5-7-15(11)20)18-19-13-6-8-16(21)14(10-13)17(2,3)4/h17-20,22-23H,7-16,21H2,1-6H3;5-10,20-21H,1-4H3. The molecule has 0 heterocycles. The van der Waals surface area contributed by atoms with Gasteiger partial charge in [-0.2, -0.15) is 20.5 Å². The highest BCUT2D eigenvalue weighted by atomic mass is 16.5. The lowest BCUT2D eigenvalue weighted by molar-refractivity contribution is 0.296. The zero-order chi connectivity index (χ0) is 39.7. The van der Waals surface area contributed by atoms with Crippen molar-refractivity contribution in [2.75, 3.05) is 6.61 Å². The van der Waals surface area contributed by atoms with E-state index in [0.717, 1.165) is 41.3 Å². The van der Waals surface area contributed by atoms with E-state index in [1.807, 2.05) is 45.9 Å². The van der Waals surface area contributed by atoms with E-state index in [-0.39, 0.29) is 22.3 Å². The van der Waals surface area contributed by atoms with Crippen molar-refractivity contribution in [2.24, 2.45) is 20.5 Å². The fraction of sp³-hybridized carbons (Fsp3) is 0.489. The van der Waals surface area contributed by atoms with Crippen molar-refractivity contribution in [3.8, 4) is 17.2 Å². The number of unbranched alkanes of at least 4 members (excludes halogenated alkanes) is 9. The third-order valence-electron chi connectivity index (χ3n) is 9.55. The van der Waals surface area contributed by atoms with Gasteiger partial charge in [-0.15, -0.1) is 0 Å². The van der Waals surface area contributed by atoms with Crippen LogP contribution in [-0.4, -0.2) is 16.8 Å². The lowest BCUT2D eigenvalue weighted by Crippen LogP contribution is -2.13. The van der Waals surface area contributed by atoms with Crippen molar-refractivity contribution < 1.29 is 14.9 Å². The van der Waals surface area contributed by atoms with E-state index in [2.05, 4.69) is 86.3 Å². The summed E-state index contributed by atoms with van der Waals surface area (Å²) in [6, 6.07) is 22.6. The second-order valence-corrected chi connectivity index (χ2v) is 16.6. The van der Waals surface area contributed by atoms with Crippen LogP contribution in [0.1, 0.15) is 140 Å². The first-order valence-corrected chi connectivity index (χ1v) is 19.9. The Kier molecular flexibility index (Phi) is 17.4. The summed E-state index contributed by atoms with van der Waals surface area (Å²) in [6.07, 6.45) is 13.4. The SMILES string of the molecule is CCCCCCCCCCCCOc1ccc(N=Nc2ccc(C)c(C)c2)cc1C(C)(C)C.Cc1cc(N=Nc2ccc(O)c(C(C)(C)C)c2)ccc1O. The molecule has 0 atom stereocenters. The van der Waals surface area contributed by atoms with E-state index >= 15 is 0 Å². The van der Waals surface area contributed by atoms with E-state index in [1.165, 1.54) is 74.5 Å². The quantitative estimate of drug-likeness (QED) is 0.0885. The van der Waals surface area contributed by atoms with E-state index in [9.17, 15) is 10.2 Å². The van der Waals surface area contributed by atoms with Gasteiger partial charge in [0.1, 0.15) is 17.2 Å². The summed E-state index contributed by atoms with van der Waals surface area (Å²) in [7, 11) is 0. The maximum absolute atomic E-state index is 9.92. The number of azo groups is 2. The van der Waals surface area contributed by atoms with Gasteiger partial charge in [-0.05, 0) is 121 Å². The van der Waals surface area contributed by atoms with Gasteiger partial charge < -0.3 is 14.9 Å². The monoisotopic (exact) mass is 735 g/mol. The van der Waals surface area contributed by atoms with Crippen molar-refractivity contribution in [2.45, 2.75) is 144 Å². The maximum atomic E-state index is 9.92. The van der Waals surface area contributed by atoms with Gasteiger partial charge in [-0.1, -0.05) is 112 Å². The van der Waals surface area contributed by atoms with E-state index in [1.54, 1.807) is 30.3 Å². The minimum absolute atomic E-state index is 0.0148. The van der Waals surface area contributed by atoms with Crippen LogP contribution >= 0.6 is 0 Å². The molecule has 0 saturated carbocycles. The van der Waals surface area contributed by atoms with Crippen LogP contribution in [0.25, 0.3) is 0 Å². The topological polar surface area (TPSA) is 99.1 Å². The molecule has 0 spiro atoms. The van der Waals surface area contributed by atoms with Gasteiger partial charge >= 0.3 is 0 Å². The molecular weight excluding hydrogens is 669 g/mol. The molecule has 7 heteroatoms. The molecule has 4 aromatic rings. The third kappa shape index (κ3) is 15.1. The predicted octanol–water partition coefficient (Wildman–Crippen LogP) is 15.4. The molecule has 0 aromatic heterocycles. The summed E-state index contributed by atoms with van der Waals surface area (Å²) in [4.78, 5) is 0. The van der Waals surface area contributed by atoms with Gasteiger partial charge in [-0.25, -0.2) is 0 Å². The summed E-state index contributed by atoms with van der Waals surface area (Å²) in [5.41, 5.74) is 8.22. The van der Waals surface area contributed by atoms with Gasteiger partial charge in [0.15, 0.2) is 0 Å². The zero-order valence-electron chi connectivity index (χ0n) is 34.8. The van der Waals surface area contributed by atoms with Crippen LogP contribution in [0, 0.1) is 20.8 Å². The highest BCUT2D eigenvalue weighted by Crippen LogP contribution is 2.36. The smallest absolute Gasteiger partial charge is 0.123 e. The van der Waals surface area contributed by atoms with E-state index in [0.29, 0.717) is 11.4 Å². The fourth-order valence-electron chi connectivity index (χ4n) is 5.97. The van der Waals surface area contributed by atoms with Crippen LogP contribution in [-0.2, 0) is 10.8 Å². The number of benzene rings is 4. The Bertz CT molecular complexity index is 1820. The molecule has 0 fully saturated rings. The second-order valence-electron chi connectivity index (χ2n) is 16.6. The van der Waals surface area contributed by atoms with Crippen LogP contribution in [0.15, 0.2) is 93.3 Å². The highest BCUT2D eigenvalue weighted by molar-refractivity contribution is 5.52. The molecule has 0 saturated heterocycles. The Morgan fingerprint density at radius 1 is 0.463 bits per heavy atom. The molecule has 0 bridgehead atoms.